The number of benzene rings is 1. The Morgan fingerprint density at radius 1 is 0.970 bits per heavy atom. The lowest BCUT2D eigenvalue weighted by Crippen LogP contribution is -2.16. The molecule has 0 atom stereocenters. The van der Waals surface area contributed by atoms with Crippen LogP contribution in [0.25, 0.3) is 28.2 Å². The van der Waals surface area contributed by atoms with Crippen molar-refractivity contribution in [3.05, 3.63) is 60.6 Å². The Morgan fingerprint density at radius 2 is 1.70 bits per heavy atom. The number of pyridine rings is 1. The zero-order chi connectivity index (χ0) is 23.8. The maximum absolute atomic E-state index is 12.9. The van der Waals surface area contributed by atoms with Gasteiger partial charge >= 0.3 is 12.5 Å². The molecule has 0 spiro atoms. The minimum absolute atomic E-state index is 0.0263. The molecule has 4 rings (SSSR count). The molecule has 0 fully saturated rings. The third kappa shape index (κ3) is 5.21. The number of hydrogen-bond donors (Lipinski definition) is 0. The Bertz CT molecular complexity index is 1280. The van der Waals surface area contributed by atoms with E-state index in [1.54, 1.807) is 6.07 Å². The molecule has 3 heterocycles. The van der Waals surface area contributed by atoms with Gasteiger partial charge in [-0.2, -0.15) is 18.3 Å². The number of fused-ring (bicyclic) bond motifs is 1. The first kappa shape index (κ1) is 22.9. The number of alkyl halides is 6. The number of ether oxygens (including phenoxy) is 1. The zero-order valence-electron chi connectivity index (χ0n) is 16.8. The number of aromatic nitrogens is 4. The van der Waals surface area contributed by atoms with E-state index in [0.717, 1.165) is 15.5 Å². The van der Waals surface area contributed by atoms with E-state index in [9.17, 15) is 26.3 Å². The van der Waals surface area contributed by atoms with Crippen LogP contribution in [0.3, 0.4) is 0 Å². The smallest absolute Gasteiger partial charge is 0.406 e. The summed E-state index contributed by atoms with van der Waals surface area (Å²) in [5.74, 6) is 0.347. The molecule has 0 saturated heterocycles. The zero-order valence-corrected chi connectivity index (χ0v) is 17.6. The van der Waals surface area contributed by atoms with Crippen molar-refractivity contribution in [3.63, 3.8) is 0 Å². The van der Waals surface area contributed by atoms with Gasteiger partial charge in [-0.05, 0) is 35.6 Å². The Balaban J connectivity index is 1.69. The fraction of sp³-hybridized carbons (Fsp3) is 0.190. The summed E-state index contributed by atoms with van der Waals surface area (Å²) in [6, 6.07) is 9.55. The van der Waals surface area contributed by atoms with Gasteiger partial charge in [-0.1, -0.05) is 19.1 Å². The molecule has 5 nitrogen and oxygen atoms in total. The molecule has 0 radical (unpaired) electrons. The fourth-order valence-electron chi connectivity index (χ4n) is 3.06. The van der Waals surface area contributed by atoms with Crippen molar-refractivity contribution in [2.24, 2.45) is 0 Å². The van der Waals surface area contributed by atoms with Gasteiger partial charge in [0.1, 0.15) is 11.4 Å². The minimum Gasteiger partial charge on any atom is -0.406 e. The molecule has 0 unspecified atom stereocenters. The van der Waals surface area contributed by atoms with Gasteiger partial charge < -0.3 is 4.74 Å². The molecule has 3 aromatic heterocycles. The first-order valence-electron chi connectivity index (χ1n) is 9.46. The summed E-state index contributed by atoms with van der Waals surface area (Å²) < 4.78 is 80.8. The molecular formula is C21H14F6N4OS. The summed E-state index contributed by atoms with van der Waals surface area (Å²) in [7, 11) is 0. The van der Waals surface area contributed by atoms with Crippen molar-refractivity contribution in [1.29, 1.82) is 0 Å². The predicted molar refractivity (Wildman–Crippen MR) is 110 cm³/mol. The van der Waals surface area contributed by atoms with Crippen LogP contribution in [0.15, 0.2) is 59.8 Å². The predicted octanol–water partition coefficient (Wildman–Crippen LogP) is 6.49. The molecule has 0 N–H and O–H groups in total. The largest absolute Gasteiger partial charge is 0.573 e. The van der Waals surface area contributed by atoms with Gasteiger partial charge in [-0.25, -0.2) is 9.50 Å². The Kier molecular flexibility index (Phi) is 5.95. The molecule has 12 heteroatoms. The molecular weight excluding hydrogens is 470 g/mol. The Hall–Kier alpha value is -3.28. The number of hydrogen-bond acceptors (Lipinski definition) is 5. The van der Waals surface area contributed by atoms with E-state index in [0.29, 0.717) is 28.3 Å². The minimum atomic E-state index is -4.78. The van der Waals surface area contributed by atoms with Crippen molar-refractivity contribution in [2.75, 3.05) is 5.75 Å². The Morgan fingerprint density at radius 3 is 2.33 bits per heavy atom. The van der Waals surface area contributed by atoms with Crippen LogP contribution in [-0.2, 0) is 6.18 Å². The maximum atomic E-state index is 12.9. The molecule has 0 bridgehead atoms. The van der Waals surface area contributed by atoms with E-state index >= 15 is 0 Å². The van der Waals surface area contributed by atoms with Gasteiger partial charge in [0.25, 0.3) is 0 Å². The second-order valence-electron chi connectivity index (χ2n) is 6.72. The van der Waals surface area contributed by atoms with Crippen molar-refractivity contribution >= 4 is 17.4 Å². The SMILES string of the molecule is CCSc1cc(-c2ccc(OC(F)(F)F)cc2)cnc1-c1ccn2nc(C(F)(F)F)cc2n1. The molecule has 0 aliphatic carbocycles. The average molecular weight is 484 g/mol. The summed E-state index contributed by atoms with van der Waals surface area (Å²) in [6.07, 6.45) is -6.46. The van der Waals surface area contributed by atoms with Crippen LogP contribution in [0.4, 0.5) is 26.3 Å². The van der Waals surface area contributed by atoms with Crippen molar-refractivity contribution in [3.8, 4) is 28.3 Å². The third-order valence-electron chi connectivity index (χ3n) is 4.43. The van der Waals surface area contributed by atoms with Crippen LogP contribution in [-0.4, -0.2) is 31.7 Å². The lowest BCUT2D eigenvalue weighted by Gasteiger charge is -2.11. The van der Waals surface area contributed by atoms with E-state index in [1.165, 1.54) is 54.5 Å². The fourth-order valence-corrected chi connectivity index (χ4v) is 3.87. The van der Waals surface area contributed by atoms with Crippen LogP contribution in [0.1, 0.15) is 12.6 Å². The number of halogens is 6. The summed E-state index contributed by atoms with van der Waals surface area (Å²) in [5, 5.41) is 3.48. The summed E-state index contributed by atoms with van der Waals surface area (Å²) in [4.78, 5) is 9.43. The molecule has 0 saturated carbocycles. The highest BCUT2D eigenvalue weighted by Gasteiger charge is 2.34. The normalized spacial score (nSPS) is 12.3. The highest BCUT2D eigenvalue weighted by atomic mass is 32.2. The van der Waals surface area contributed by atoms with Gasteiger partial charge in [0, 0.05) is 28.9 Å². The number of nitrogens with zero attached hydrogens (tertiary/aromatic N) is 4. The van der Waals surface area contributed by atoms with Crippen LogP contribution in [0.5, 0.6) is 5.75 Å². The summed E-state index contributed by atoms with van der Waals surface area (Å²) >= 11 is 1.45. The van der Waals surface area contributed by atoms with E-state index in [4.69, 9.17) is 0 Å². The lowest BCUT2D eigenvalue weighted by molar-refractivity contribution is -0.274. The van der Waals surface area contributed by atoms with Gasteiger partial charge in [0.2, 0.25) is 0 Å². The molecule has 0 aliphatic heterocycles. The standard InChI is InChI=1S/C21H14F6N4OS/c1-2-33-16-9-13(12-3-5-14(6-4-12)32-21(25,26)27)11-28-19(16)15-7-8-31-18(29-15)10-17(30-31)20(22,23)24/h3-11H,2H2,1H3. The van der Waals surface area contributed by atoms with Gasteiger partial charge in [-0.3, -0.25) is 4.98 Å². The highest BCUT2D eigenvalue weighted by Crippen LogP contribution is 2.34. The first-order chi connectivity index (χ1) is 15.5. The van der Waals surface area contributed by atoms with Crippen molar-refractivity contribution < 1.29 is 31.1 Å². The monoisotopic (exact) mass is 484 g/mol. The number of rotatable bonds is 5. The molecule has 1 aromatic carbocycles. The first-order valence-corrected chi connectivity index (χ1v) is 10.4. The third-order valence-corrected chi connectivity index (χ3v) is 5.34. The second-order valence-corrected chi connectivity index (χ2v) is 8.02. The second kappa shape index (κ2) is 8.58. The van der Waals surface area contributed by atoms with Gasteiger partial charge in [0.05, 0.1) is 5.69 Å². The lowest BCUT2D eigenvalue weighted by atomic mass is 10.1. The highest BCUT2D eigenvalue weighted by molar-refractivity contribution is 7.99. The quantitative estimate of drug-likeness (QED) is 0.240. The van der Waals surface area contributed by atoms with Crippen LogP contribution in [0, 0.1) is 0 Å². The van der Waals surface area contributed by atoms with Crippen LogP contribution >= 0.6 is 11.8 Å². The van der Waals surface area contributed by atoms with Crippen molar-refractivity contribution in [2.45, 2.75) is 24.4 Å². The summed E-state index contributed by atoms with van der Waals surface area (Å²) in [6.45, 7) is 1.92. The molecule has 33 heavy (non-hydrogen) atoms. The van der Waals surface area contributed by atoms with E-state index in [-0.39, 0.29) is 11.4 Å². The maximum Gasteiger partial charge on any atom is 0.573 e. The van der Waals surface area contributed by atoms with E-state index in [1.807, 2.05) is 6.92 Å². The van der Waals surface area contributed by atoms with E-state index < -0.39 is 18.2 Å². The van der Waals surface area contributed by atoms with Gasteiger partial charge in [0.15, 0.2) is 11.3 Å². The van der Waals surface area contributed by atoms with Crippen LogP contribution < -0.4 is 4.74 Å². The summed E-state index contributed by atoms with van der Waals surface area (Å²) in [5.41, 5.74) is 1.09. The molecule has 4 aromatic rings. The Labute approximate surface area is 187 Å². The molecule has 0 aliphatic rings. The van der Waals surface area contributed by atoms with Crippen LogP contribution in [0.2, 0.25) is 0 Å². The molecule has 172 valence electrons. The number of thioether (sulfide) groups is 1. The van der Waals surface area contributed by atoms with E-state index in [2.05, 4.69) is 19.8 Å². The van der Waals surface area contributed by atoms with Crippen molar-refractivity contribution in [1.82, 2.24) is 19.6 Å². The van der Waals surface area contributed by atoms with Gasteiger partial charge in [-0.15, -0.1) is 24.9 Å². The molecule has 0 amide bonds. The average Bonchev–Trinajstić information content (AvgIpc) is 3.17. The topological polar surface area (TPSA) is 52.3 Å².